The van der Waals surface area contributed by atoms with Gasteiger partial charge in [0.05, 0.1) is 24.5 Å². The number of morpholine rings is 1. The molecule has 0 saturated carbocycles. The molecule has 0 aromatic heterocycles. The Labute approximate surface area is 154 Å². The van der Waals surface area contributed by atoms with Crippen LogP contribution in [0, 0.1) is 5.92 Å². The second-order valence-electron chi connectivity index (χ2n) is 7.68. The average molecular weight is 357 g/mol. The van der Waals surface area contributed by atoms with Gasteiger partial charge in [-0.2, -0.15) is 0 Å². The Hall–Kier alpha value is -1.92. The minimum Gasteiger partial charge on any atom is -0.378 e. The van der Waals surface area contributed by atoms with Gasteiger partial charge in [-0.05, 0) is 43.7 Å². The number of anilines is 1. The van der Waals surface area contributed by atoms with Crippen molar-refractivity contribution >= 4 is 17.5 Å². The summed E-state index contributed by atoms with van der Waals surface area (Å²) in [6.07, 6.45) is 5.17. The molecule has 0 radical (unpaired) electrons. The Morgan fingerprint density at radius 3 is 2.54 bits per heavy atom. The lowest BCUT2D eigenvalue weighted by molar-refractivity contribution is -0.117. The maximum absolute atomic E-state index is 12.8. The van der Waals surface area contributed by atoms with Gasteiger partial charge in [0.15, 0.2) is 0 Å². The first-order chi connectivity index (χ1) is 12.7. The van der Waals surface area contributed by atoms with Gasteiger partial charge in [-0.15, -0.1) is 0 Å². The summed E-state index contributed by atoms with van der Waals surface area (Å²) in [7, 11) is 0. The van der Waals surface area contributed by atoms with Gasteiger partial charge < -0.3 is 20.3 Å². The van der Waals surface area contributed by atoms with Gasteiger partial charge in [0.1, 0.15) is 0 Å². The number of nitrogens with zero attached hydrogens (tertiary/aromatic N) is 1. The standard InChI is InChI=1S/C20H27N3O3/c24-19(13-14-11-15-5-6-16(12-14)21-15)22-18-4-2-1-3-17(18)20(25)23-7-9-26-10-8-23/h1-4,14-16,21H,5-13H2,(H,22,24). The SMILES string of the molecule is O=C(CC1CC2CCC(C1)N2)Nc1ccccc1C(=O)N1CCOCC1. The minimum atomic E-state index is -0.0379. The van der Waals surface area contributed by atoms with Crippen molar-refractivity contribution in [2.75, 3.05) is 31.6 Å². The molecule has 2 atom stereocenters. The van der Waals surface area contributed by atoms with Gasteiger partial charge in [-0.25, -0.2) is 0 Å². The van der Waals surface area contributed by atoms with E-state index in [2.05, 4.69) is 10.6 Å². The molecule has 2 unspecified atom stereocenters. The lowest BCUT2D eigenvalue weighted by Gasteiger charge is -2.29. The van der Waals surface area contributed by atoms with Crippen LogP contribution in [0.15, 0.2) is 24.3 Å². The number of fused-ring (bicyclic) bond motifs is 2. The molecule has 3 heterocycles. The zero-order valence-corrected chi connectivity index (χ0v) is 15.1. The van der Waals surface area contributed by atoms with E-state index in [0.29, 0.717) is 62.0 Å². The maximum atomic E-state index is 12.8. The highest BCUT2D eigenvalue weighted by Crippen LogP contribution is 2.33. The maximum Gasteiger partial charge on any atom is 0.256 e. The van der Waals surface area contributed by atoms with Crippen molar-refractivity contribution < 1.29 is 14.3 Å². The third-order valence-electron chi connectivity index (χ3n) is 5.77. The van der Waals surface area contributed by atoms with Crippen LogP contribution in [0.2, 0.25) is 0 Å². The normalized spacial score (nSPS) is 28.0. The van der Waals surface area contributed by atoms with Gasteiger partial charge in [0.2, 0.25) is 5.91 Å². The zero-order valence-electron chi connectivity index (χ0n) is 15.1. The highest BCUT2D eigenvalue weighted by Gasteiger charge is 2.34. The van der Waals surface area contributed by atoms with E-state index in [-0.39, 0.29) is 11.8 Å². The van der Waals surface area contributed by atoms with Gasteiger partial charge >= 0.3 is 0 Å². The van der Waals surface area contributed by atoms with Crippen LogP contribution >= 0.6 is 0 Å². The Morgan fingerprint density at radius 1 is 1.12 bits per heavy atom. The first-order valence-corrected chi connectivity index (χ1v) is 9.71. The van der Waals surface area contributed by atoms with Crippen molar-refractivity contribution in [3.63, 3.8) is 0 Å². The largest absolute Gasteiger partial charge is 0.378 e. The third-order valence-corrected chi connectivity index (χ3v) is 5.77. The molecule has 2 amide bonds. The van der Waals surface area contributed by atoms with Crippen LogP contribution in [0.25, 0.3) is 0 Å². The molecule has 6 nitrogen and oxygen atoms in total. The number of benzene rings is 1. The summed E-state index contributed by atoms with van der Waals surface area (Å²) < 4.78 is 5.32. The van der Waals surface area contributed by atoms with Crippen molar-refractivity contribution in [2.24, 2.45) is 5.92 Å². The number of nitrogens with one attached hydrogen (secondary N) is 2. The average Bonchev–Trinajstić information content (AvgIpc) is 3.00. The third kappa shape index (κ3) is 3.91. The fraction of sp³-hybridized carbons (Fsp3) is 0.600. The summed E-state index contributed by atoms with van der Waals surface area (Å²) in [6.45, 7) is 2.33. The highest BCUT2D eigenvalue weighted by atomic mass is 16.5. The van der Waals surface area contributed by atoms with E-state index >= 15 is 0 Å². The summed E-state index contributed by atoms with van der Waals surface area (Å²) >= 11 is 0. The molecular weight excluding hydrogens is 330 g/mol. The lowest BCUT2D eigenvalue weighted by atomic mass is 9.89. The van der Waals surface area contributed by atoms with Crippen molar-refractivity contribution in [3.8, 4) is 0 Å². The van der Waals surface area contributed by atoms with E-state index in [9.17, 15) is 9.59 Å². The smallest absolute Gasteiger partial charge is 0.256 e. The summed E-state index contributed by atoms with van der Waals surface area (Å²) in [6, 6.07) is 8.48. The number of rotatable bonds is 4. The molecule has 1 aromatic rings. The first-order valence-electron chi connectivity index (χ1n) is 9.71. The van der Waals surface area contributed by atoms with Crippen LogP contribution in [0.1, 0.15) is 42.5 Å². The highest BCUT2D eigenvalue weighted by molar-refractivity contribution is 6.03. The van der Waals surface area contributed by atoms with E-state index in [1.54, 1.807) is 11.0 Å². The lowest BCUT2D eigenvalue weighted by Crippen LogP contribution is -2.41. The fourth-order valence-corrected chi connectivity index (χ4v) is 4.52. The Kier molecular flexibility index (Phi) is 5.22. The first kappa shape index (κ1) is 17.5. The van der Waals surface area contributed by atoms with Gasteiger partial charge in [-0.3, -0.25) is 9.59 Å². The number of para-hydroxylation sites is 1. The number of carbonyl (C=O) groups is 2. The van der Waals surface area contributed by atoms with E-state index < -0.39 is 0 Å². The molecule has 140 valence electrons. The molecule has 3 fully saturated rings. The molecule has 0 spiro atoms. The summed E-state index contributed by atoms with van der Waals surface area (Å²) in [5.41, 5.74) is 1.18. The van der Waals surface area contributed by atoms with Crippen molar-refractivity contribution in [1.82, 2.24) is 10.2 Å². The topological polar surface area (TPSA) is 70.7 Å². The Bertz CT molecular complexity index is 660. The second kappa shape index (κ2) is 7.76. The molecule has 3 saturated heterocycles. The number of hydrogen-bond donors (Lipinski definition) is 2. The van der Waals surface area contributed by atoms with Crippen LogP contribution < -0.4 is 10.6 Å². The van der Waals surface area contributed by atoms with E-state index in [4.69, 9.17) is 4.74 Å². The summed E-state index contributed by atoms with van der Waals surface area (Å²) in [4.78, 5) is 27.2. The second-order valence-corrected chi connectivity index (χ2v) is 7.68. The monoisotopic (exact) mass is 357 g/mol. The van der Waals surface area contributed by atoms with Gasteiger partial charge in [0, 0.05) is 31.6 Å². The molecule has 3 aliphatic heterocycles. The Balaban J connectivity index is 1.39. The molecule has 0 aliphatic carbocycles. The molecule has 1 aromatic carbocycles. The molecule has 4 rings (SSSR count). The van der Waals surface area contributed by atoms with Crippen LogP contribution in [-0.2, 0) is 9.53 Å². The minimum absolute atomic E-state index is 0.0125. The van der Waals surface area contributed by atoms with Crippen molar-refractivity contribution in [3.05, 3.63) is 29.8 Å². The summed E-state index contributed by atoms with van der Waals surface area (Å²) in [5, 5.41) is 6.60. The number of hydrogen-bond acceptors (Lipinski definition) is 4. The molecule has 6 heteroatoms. The van der Waals surface area contributed by atoms with Crippen LogP contribution in [-0.4, -0.2) is 55.1 Å². The van der Waals surface area contributed by atoms with Gasteiger partial charge in [0.25, 0.3) is 5.91 Å². The van der Waals surface area contributed by atoms with E-state index in [0.717, 1.165) is 12.8 Å². The number of piperidine rings is 1. The van der Waals surface area contributed by atoms with Crippen molar-refractivity contribution in [1.29, 1.82) is 0 Å². The molecule has 3 aliphatic rings. The molecule has 26 heavy (non-hydrogen) atoms. The van der Waals surface area contributed by atoms with Crippen LogP contribution in [0.4, 0.5) is 5.69 Å². The zero-order chi connectivity index (χ0) is 17.9. The van der Waals surface area contributed by atoms with Crippen LogP contribution in [0.3, 0.4) is 0 Å². The van der Waals surface area contributed by atoms with E-state index in [1.807, 2.05) is 18.2 Å². The quantitative estimate of drug-likeness (QED) is 0.865. The Morgan fingerprint density at radius 2 is 1.81 bits per heavy atom. The molecule has 2 N–H and O–H groups in total. The number of ether oxygens (including phenoxy) is 1. The van der Waals surface area contributed by atoms with E-state index in [1.165, 1.54) is 12.8 Å². The van der Waals surface area contributed by atoms with Crippen LogP contribution in [0.5, 0.6) is 0 Å². The molecular formula is C20H27N3O3. The fourth-order valence-electron chi connectivity index (χ4n) is 4.52. The number of carbonyl (C=O) groups excluding carboxylic acids is 2. The summed E-state index contributed by atoms with van der Waals surface area (Å²) in [5.74, 6) is 0.415. The number of amides is 2. The van der Waals surface area contributed by atoms with Crippen molar-refractivity contribution in [2.45, 2.75) is 44.2 Å². The predicted octanol–water partition coefficient (Wildman–Crippen LogP) is 2.02. The van der Waals surface area contributed by atoms with Gasteiger partial charge in [-0.1, -0.05) is 12.1 Å². The molecule has 2 bridgehead atoms. The predicted molar refractivity (Wildman–Crippen MR) is 99.1 cm³/mol.